The van der Waals surface area contributed by atoms with Crippen molar-refractivity contribution in [2.75, 3.05) is 0 Å². The molecule has 0 aliphatic heterocycles. The summed E-state index contributed by atoms with van der Waals surface area (Å²) in [6.45, 7) is 0. The summed E-state index contributed by atoms with van der Waals surface area (Å²) in [5, 5.41) is 1.70. The second-order valence-electron chi connectivity index (χ2n) is 1.95. The lowest BCUT2D eigenvalue weighted by atomic mass is 10.2. The Morgan fingerprint density at radius 1 is 1.30 bits per heavy atom. The van der Waals surface area contributed by atoms with Gasteiger partial charge in [0.15, 0.2) is 0 Å². The van der Waals surface area contributed by atoms with Gasteiger partial charge in [-0.15, -0.1) is 0 Å². The van der Waals surface area contributed by atoms with Gasteiger partial charge in [-0.05, 0) is 10.9 Å². The van der Waals surface area contributed by atoms with Crippen LogP contribution in [0.1, 0.15) is 10.4 Å². The summed E-state index contributed by atoms with van der Waals surface area (Å²) in [7, 11) is 0. The van der Waals surface area contributed by atoms with Gasteiger partial charge >= 0.3 is 0 Å². The molecule has 0 aliphatic rings. The summed E-state index contributed by atoms with van der Waals surface area (Å²) in [4.78, 5) is 0.212. The zero-order valence-corrected chi connectivity index (χ0v) is 7.73. The first-order valence-electron chi connectivity index (χ1n) is 2.99. The van der Waals surface area contributed by atoms with Gasteiger partial charge in [-0.2, -0.15) is 0 Å². The number of hydrogen-bond donors (Lipinski definition) is 0. The Kier molecular flexibility index (Phi) is 3.03. The molecule has 0 unspecified atom stereocenters. The predicted octanol–water partition coefficient (Wildman–Crippen LogP) is 3.12. The third-order valence-electron chi connectivity index (χ3n) is 1.24. The van der Waals surface area contributed by atoms with E-state index in [0.29, 0.717) is 0 Å². The van der Waals surface area contributed by atoms with E-state index in [4.69, 9.17) is 12.2 Å². The summed E-state index contributed by atoms with van der Waals surface area (Å²) in [6.07, 6.45) is 0. The molecule has 0 aromatic heterocycles. The van der Waals surface area contributed by atoms with Crippen molar-refractivity contribution in [3.05, 3.63) is 35.9 Å². The highest BCUT2D eigenvalue weighted by atomic mass is 79.9. The minimum absolute atomic E-state index is 0.212. The van der Waals surface area contributed by atoms with E-state index >= 15 is 0 Å². The Labute approximate surface area is 74.4 Å². The predicted molar refractivity (Wildman–Crippen MR) is 51.8 cm³/mol. The number of benzene rings is 1. The van der Waals surface area contributed by atoms with Gasteiger partial charge in [0.2, 0.25) is 0 Å². The number of alkyl halides is 1. The summed E-state index contributed by atoms with van der Waals surface area (Å²) >= 11 is 8.21. The van der Waals surface area contributed by atoms with Crippen LogP contribution in [0.2, 0.25) is 0 Å². The second kappa shape index (κ2) is 3.84. The summed E-state index contributed by atoms with van der Waals surface area (Å²) in [5.41, 5.74) is 1.21. The maximum Gasteiger partial charge on any atom is 0.0677 e. The smallest absolute Gasteiger partial charge is 0.0677 e. The maximum atomic E-state index is 4.78. The molecule has 1 aromatic rings. The molecule has 0 fully saturated rings. The Hall–Kier alpha value is -0.210. The molecule has 52 valence electrons. The van der Waals surface area contributed by atoms with Crippen molar-refractivity contribution in [1.29, 1.82) is 0 Å². The number of hydrogen-bond acceptors (Lipinski definition) is 1. The van der Waals surface area contributed by atoms with Crippen LogP contribution in [-0.4, -0.2) is 5.37 Å². The highest BCUT2D eigenvalue weighted by Gasteiger charge is 1.99. The van der Waals surface area contributed by atoms with Crippen LogP contribution >= 0.6 is 28.1 Å². The van der Waals surface area contributed by atoms with E-state index in [0.717, 1.165) is 0 Å². The Morgan fingerprint density at radius 2 is 1.90 bits per heavy atom. The molecule has 0 nitrogen and oxygen atoms in total. The first-order chi connectivity index (χ1) is 4.84. The fourth-order valence-corrected chi connectivity index (χ4v) is 1.18. The van der Waals surface area contributed by atoms with E-state index in [9.17, 15) is 0 Å². The van der Waals surface area contributed by atoms with Crippen LogP contribution in [-0.2, 0) is 0 Å². The van der Waals surface area contributed by atoms with Crippen molar-refractivity contribution in [1.82, 2.24) is 0 Å². The van der Waals surface area contributed by atoms with Crippen LogP contribution < -0.4 is 0 Å². The van der Waals surface area contributed by atoms with Gasteiger partial charge in [0.05, 0.1) is 4.83 Å². The van der Waals surface area contributed by atoms with Gasteiger partial charge in [0.1, 0.15) is 0 Å². The molecule has 0 aliphatic carbocycles. The van der Waals surface area contributed by atoms with Crippen LogP contribution in [0.3, 0.4) is 0 Å². The van der Waals surface area contributed by atoms with E-state index in [1.807, 2.05) is 30.3 Å². The molecule has 0 bridgehead atoms. The van der Waals surface area contributed by atoms with Crippen molar-refractivity contribution >= 4 is 33.5 Å². The van der Waals surface area contributed by atoms with E-state index in [1.165, 1.54) is 5.56 Å². The highest BCUT2D eigenvalue weighted by Crippen LogP contribution is 2.19. The van der Waals surface area contributed by atoms with Crippen molar-refractivity contribution in [2.24, 2.45) is 0 Å². The average molecular weight is 215 g/mol. The number of thiocarbonyl (C=S) groups is 1. The molecule has 1 aromatic carbocycles. The minimum Gasteiger partial charge on any atom is -0.0919 e. The van der Waals surface area contributed by atoms with E-state index < -0.39 is 0 Å². The van der Waals surface area contributed by atoms with Crippen LogP contribution in [0.4, 0.5) is 0 Å². The lowest BCUT2D eigenvalue weighted by molar-refractivity contribution is 1.37. The van der Waals surface area contributed by atoms with Gasteiger partial charge in [-0.1, -0.05) is 58.5 Å². The number of rotatable bonds is 2. The molecule has 0 amide bonds. The van der Waals surface area contributed by atoms with E-state index in [1.54, 1.807) is 5.37 Å². The molecule has 1 atom stereocenters. The average Bonchev–Trinajstić information content (AvgIpc) is 2.05. The third kappa shape index (κ3) is 1.89. The summed E-state index contributed by atoms with van der Waals surface area (Å²) in [5.74, 6) is 0. The van der Waals surface area contributed by atoms with Gasteiger partial charge in [0.25, 0.3) is 0 Å². The Balaban J connectivity index is 2.84. The molecule has 10 heavy (non-hydrogen) atoms. The van der Waals surface area contributed by atoms with Crippen molar-refractivity contribution < 1.29 is 0 Å². The van der Waals surface area contributed by atoms with Gasteiger partial charge in [-0.3, -0.25) is 0 Å². The molecular weight excluding hydrogens is 208 g/mol. The Bertz CT molecular complexity index is 208. The standard InChI is InChI=1S/C8H7BrS/c9-8(6-10)7-4-2-1-3-5-7/h1-6,8H/t8-/m1/s1. The first kappa shape index (κ1) is 7.89. The van der Waals surface area contributed by atoms with Crippen molar-refractivity contribution in [2.45, 2.75) is 4.83 Å². The summed E-state index contributed by atoms with van der Waals surface area (Å²) < 4.78 is 0. The van der Waals surface area contributed by atoms with Gasteiger partial charge < -0.3 is 0 Å². The fourth-order valence-electron chi connectivity index (χ4n) is 0.715. The molecule has 2 heteroatoms. The largest absolute Gasteiger partial charge is 0.0919 e. The van der Waals surface area contributed by atoms with Crippen LogP contribution in [0.5, 0.6) is 0 Å². The van der Waals surface area contributed by atoms with Crippen LogP contribution in [0, 0.1) is 0 Å². The van der Waals surface area contributed by atoms with Gasteiger partial charge in [0, 0.05) is 0 Å². The Morgan fingerprint density at radius 3 is 2.40 bits per heavy atom. The van der Waals surface area contributed by atoms with Gasteiger partial charge in [-0.25, -0.2) is 0 Å². The highest BCUT2D eigenvalue weighted by molar-refractivity contribution is 9.09. The maximum absolute atomic E-state index is 4.78. The molecule has 0 heterocycles. The monoisotopic (exact) mass is 214 g/mol. The molecule has 0 N–H and O–H groups in total. The van der Waals surface area contributed by atoms with E-state index in [2.05, 4.69) is 15.9 Å². The molecule has 0 saturated heterocycles. The van der Waals surface area contributed by atoms with Crippen molar-refractivity contribution in [3.8, 4) is 0 Å². The van der Waals surface area contributed by atoms with Crippen LogP contribution in [0.15, 0.2) is 30.3 Å². The fraction of sp³-hybridized carbons (Fsp3) is 0.125. The zero-order chi connectivity index (χ0) is 7.40. The molecule has 0 radical (unpaired) electrons. The first-order valence-corrected chi connectivity index (χ1v) is 4.37. The summed E-state index contributed by atoms with van der Waals surface area (Å²) in [6, 6.07) is 10.1. The lowest BCUT2D eigenvalue weighted by Gasteiger charge is -2.00. The lowest BCUT2D eigenvalue weighted by Crippen LogP contribution is -1.86. The topological polar surface area (TPSA) is 0 Å². The SMILES string of the molecule is S=C[C@@H](Br)c1ccccc1. The normalized spacial score (nSPS) is 12.5. The third-order valence-corrected chi connectivity index (χ3v) is 2.65. The zero-order valence-electron chi connectivity index (χ0n) is 5.33. The quantitative estimate of drug-likeness (QED) is 0.539. The molecule has 1 rings (SSSR count). The molecule has 0 saturated carbocycles. The second-order valence-corrected chi connectivity index (χ2v) is 3.21. The number of halogens is 1. The van der Waals surface area contributed by atoms with E-state index in [-0.39, 0.29) is 4.83 Å². The van der Waals surface area contributed by atoms with Crippen molar-refractivity contribution in [3.63, 3.8) is 0 Å². The van der Waals surface area contributed by atoms with Crippen LogP contribution in [0.25, 0.3) is 0 Å². The molecular formula is C8H7BrS. The molecule has 0 spiro atoms. The minimum atomic E-state index is 0.212.